The Bertz CT molecular complexity index is 1220. The van der Waals surface area contributed by atoms with Gasteiger partial charge >= 0.3 is 0 Å². The summed E-state index contributed by atoms with van der Waals surface area (Å²) in [6.07, 6.45) is 6.10. The maximum absolute atomic E-state index is 11.8. The number of benzene rings is 1. The lowest BCUT2D eigenvalue weighted by Crippen LogP contribution is -2.28. The topological polar surface area (TPSA) is 111 Å². The first-order chi connectivity index (χ1) is 14.1. The van der Waals surface area contributed by atoms with Crippen molar-refractivity contribution in [1.29, 1.82) is 0 Å². The highest BCUT2D eigenvalue weighted by Gasteiger charge is 2.18. The van der Waals surface area contributed by atoms with Gasteiger partial charge in [-0.3, -0.25) is 9.89 Å². The summed E-state index contributed by atoms with van der Waals surface area (Å²) in [5.41, 5.74) is 9.14. The quantitative estimate of drug-likeness (QED) is 0.484. The lowest BCUT2D eigenvalue weighted by Gasteiger charge is -2.12. The van der Waals surface area contributed by atoms with Crippen LogP contribution in [0.3, 0.4) is 0 Å². The van der Waals surface area contributed by atoms with Gasteiger partial charge in [0.25, 0.3) is 5.91 Å². The van der Waals surface area contributed by atoms with E-state index in [9.17, 15) is 4.79 Å². The third-order valence-electron chi connectivity index (χ3n) is 5.54. The van der Waals surface area contributed by atoms with E-state index in [1.54, 1.807) is 12.3 Å². The van der Waals surface area contributed by atoms with Crippen LogP contribution in [0, 0.1) is 0 Å². The first kappa shape index (κ1) is 17.7. The molecule has 1 fully saturated rings. The number of rotatable bonds is 5. The monoisotopic (exact) mass is 390 g/mol. The second kappa shape index (κ2) is 6.89. The largest absolute Gasteiger partial charge is 0.492 e. The number of carbonyl (C=O) groups excluding carboxylic acids is 1. The lowest BCUT2D eigenvalue weighted by molar-refractivity contribution is 0.0996. The van der Waals surface area contributed by atoms with Crippen molar-refractivity contribution < 1.29 is 9.53 Å². The van der Waals surface area contributed by atoms with Crippen LogP contribution in [0.2, 0.25) is 0 Å². The summed E-state index contributed by atoms with van der Waals surface area (Å²) in [6.45, 7) is 1.71. The zero-order chi connectivity index (χ0) is 20.0. The van der Waals surface area contributed by atoms with Crippen molar-refractivity contribution in [1.82, 2.24) is 25.1 Å². The molecule has 1 saturated heterocycles. The molecule has 1 amide bonds. The van der Waals surface area contributed by atoms with Gasteiger partial charge in [-0.15, -0.1) is 0 Å². The Balaban J connectivity index is 1.61. The highest BCUT2D eigenvalue weighted by Crippen LogP contribution is 2.36. The number of H-pyrrole nitrogens is 1. The van der Waals surface area contributed by atoms with Crippen LogP contribution in [-0.2, 0) is 7.05 Å². The number of primary amides is 1. The van der Waals surface area contributed by atoms with Crippen molar-refractivity contribution >= 4 is 27.8 Å². The van der Waals surface area contributed by atoms with Crippen molar-refractivity contribution in [3.8, 4) is 16.9 Å². The number of aromatic nitrogens is 4. The molecule has 4 N–H and O–H groups in total. The van der Waals surface area contributed by atoms with Crippen LogP contribution in [-0.4, -0.2) is 44.8 Å². The number of pyridine rings is 1. The molecule has 0 aliphatic carbocycles. The average Bonchev–Trinajstić information content (AvgIpc) is 3.46. The molecule has 4 aromatic rings. The average molecular weight is 390 g/mol. The second-order valence-corrected chi connectivity index (χ2v) is 7.49. The minimum absolute atomic E-state index is 0.202. The molecule has 1 aromatic carbocycles. The van der Waals surface area contributed by atoms with Gasteiger partial charge in [0.2, 0.25) is 0 Å². The van der Waals surface area contributed by atoms with Gasteiger partial charge in [0.1, 0.15) is 18.1 Å². The Labute approximate surface area is 167 Å². The van der Waals surface area contributed by atoms with E-state index in [-0.39, 0.29) is 5.69 Å². The number of hydrogen-bond acceptors (Lipinski definition) is 5. The number of carbonyl (C=O) groups is 1. The highest BCUT2D eigenvalue weighted by atomic mass is 16.5. The molecule has 1 aliphatic rings. The van der Waals surface area contributed by atoms with Crippen LogP contribution in [0.1, 0.15) is 23.3 Å². The van der Waals surface area contributed by atoms with E-state index in [2.05, 4.69) is 37.2 Å². The number of fused-ring (bicyclic) bond motifs is 2. The van der Waals surface area contributed by atoms with Gasteiger partial charge in [-0.2, -0.15) is 5.10 Å². The van der Waals surface area contributed by atoms with Gasteiger partial charge in [-0.1, -0.05) is 0 Å². The van der Waals surface area contributed by atoms with E-state index in [0.29, 0.717) is 18.3 Å². The second-order valence-electron chi connectivity index (χ2n) is 7.49. The smallest absolute Gasteiger partial charge is 0.267 e. The first-order valence-corrected chi connectivity index (χ1v) is 9.70. The summed E-state index contributed by atoms with van der Waals surface area (Å²) < 4.78 is 8.11. The molecule has 148 valence electrons. The Morgan fingerprint density at radius 2 is 2.21 bits per heavy atom. The Hall–Kier alpha value is -3.39. The summed E-state index contributed by atoms with van der Waals surface area (Å²) >= 11 is 0. The highest BCUT2D eigenvalue weighted by molar-refractivity contribution is 6.06. The molecule has 8 heteroatoms. The Morgan fingerprint density at radius 3 is 3.00 bits per heavy atom. The van der Waals surface area contributed by atoms with E-state index in [1.807, 2.05) is 19.3 Å². The predicted molar refractivity (Wildman–Crippen MR) is 111 cm³/mol. The SMILES string of the molecule is Cn1cc(-c2cc(C(N)=O)nc3[nH]ncc23)c2cc(OCC3CCCN3)ccc21. The summed E-state index contributed by atoms with van der Waals surface area (Å²) in [5, 5.41) is 12.2. The van der Waals surface area contributed by atoms with Gasteiger partial charge < -0.3 is 20.4 Å². The third kappa shape index (κ3) is 3.11. The van der Waals surface area contributed by atoms with Crippen molar-refractivity contribution in [2.75, 3.05) is 13.2 Å². The normalized spacial score (nSPS) is 16.7. The van der Waals surface area contributed by atoms with E-state index >= 15 is 0 Å². The number of nitrogens with two attached hydrogens (primary N) is 1. The molecule has 5 rings (SSSR count). The minimum Gasteiger partial charge on any atom is -0.492 e. The van der Waals surface area contributed by atoms with Crippen LogP contribution in [0.4, 0.5) is 0 Å². The molecule has 0 bridgehead atoms. The summed E-state index contributed by atoms with van der Waals surface area (Å²) in [4.78, 5) is 16.0. The molecule has 1 atom stereocenters. The van der Waals surface area contributed by atoms with Gasteiger partial charge in [0.15, 0.2) is 5.65 Å². The molecule has 0 saturated carbocycles. The molecule has 3 aromatic heterocycles. The molecule has 8 nitrogen and oxygen atoms in total. The van der Waals surface area contributed by atoms with E-state index in [0.717, 1.165) is 46.1 Å². The molecule has 1 unspecified atom stereocenters. The zero-order valence-electron chi connectivity index (χ0n) is 16.1. The van der Waals surface area contributed by atoms with Crippen molar-refractivity contribution in [3.05, 3.63) is 42.4 Å². The van der Waals surface area contributed by atoms with Crippen molar-refractivity contribution in [3.63, 3.8) is 0 Å². The van der Waals surface area contributed by atoms with Gasteiger partial charge in [-0.25, -0.2) is 4.98 Å². The van der Waals surface area contributed by atoms with Crippen LogP contribution >= 0.6 is 0 Å². The fraction of sp³-hybridized carbons (Fsp3) is 0.286. The van der Waals surface area contributed by atoms with Crippen molar-refractivity contribution in [2.24, 2.45) is 12.8 Å². The number of nitrogens with zero attached hydrogens (tertiary/aromatic N) is 3. The lowest BCUT2D eigenvalue weighted by atomic mass is 10.0. The molecule has 1 aliphatic heterocycles. The molecule has 0 spiro atoms. The predicted octanol–water partition coefficient (Wildman–Crippen LogP) is 2.35. The number of hydrogen-bond donors (Lipinski definition) is 3. The van der Waals surface area contributed by atoms with Crippen LogP contribution < -0.4 is 15.8 Å². The number of amides is 1. The van der Waals surface area contributed by atoms with E-state index in [4.69, 9.17) is 10.5 Å². The maximum Gasteiger partial charge on any atom is 0.267 e. The van der Waals surface area contributed by atoms with E-state index in [1.165, 1.54) is 6.42 Å². The molecule has 0 radical (unpaired) electrons. The summed E-state index contributed by atoms with van der Waals surface area (Å²) in [7, 11) is 2.00. The minimum atomic E-state index is -0.573. The van der Waals surface area contributed by atoms with Crippen molar-refractivity contribution in [2.45, 2.75) is 18.9 Å². The molecular formula is C21H22N6O2. The van der Waals surface area contributed by atoms with E-state index < -0.39 is 5.91 Å². The summed E-state index contributed by atoms with van der Waals surface area (Å²) in [5.74, 6) is 0.252. The maximum atomic E-state index is 11.8. The first-order valence-electron chi connectivity index (χ1n) is 9.70. The third-order valence-corrected chi connectivity index (χ3v) is 5.54. The standard InChI is InChI=1S/C21H22N6O2/c1-27-10-17(14-8-18(20(22)28)25-21-16(14)9-24-26-21)15-7-13(4-5-19(15)27)29-11-12-3-2-6-23-12/h4-5,7-10,12,23H,2-3,6,11H2,1H3,(H2,22,28)(H,24,25,26). The number of aryl methyl sites for hydroxylation is 1. The van der Waals surface area contributed by atoms with Gasteiger partial charge in [-0.05, 0) is 49.2 Å². The van der Waals surface area contributed by atoms with Gasteiger partial charge in [0.05, 0.1) is 6.20 Å². The number of aromatic amines is 1. The van der Waals surface area contributed by atoms with Crippen LogP contribution in [0.25, 0.3) is 33.1 Å². The molecule has 29 heavy (non-hydrogen) atoms. The van der Waals surface area contributed by atoms with Crippen LogP contribution in [0.5, 0.6) is 5.75 Å². The fourth-order valence-corrected chi connectivity index (χ4v) is 4.05. The van der Waals surface area contributed by atoms with Crippen LogP contribution in [0.15, 0.2) is 36.7 Å². The number of ether oxygens (including phenoxy) is 1. The summed E-state index contributed by atoms with van der Waals surface area (Å²) in [6, 6.07) is 8.24. The Kier molecular flexibility index (Phi) is 4.21. The Morgan fingerprint density at radius 1 is 1.31 bits per heavy atom. The molecular weight excluding hydrogens is 368 g/mol. The number of nitrogens with one attached hydrogen (secondary N) is 2. The zero-order valence-corrected chi connectivity index (χ0v) is 16.1. The molecule has 4 heterocycles. The van der Waals surface area contributed by atoms with Gasteiger partial charge in [0, 0.05) is 41.1 Å². The fourth-order valence-electron chi connectivity index (χ4n) is 4.05.